The molecule has 0 spiro atoms. The van der Waals surface area contributed by atoms with Crippen LogP contribution < -0.4 is 5.32 Å². The van der Waals surface area contributed by atoms with Crippen LogP contribution >= 0.6 is 0 Å². The van der Waals surface area contributed by atoms with Crippen molar-refractivity contribution in [2.24, 2.45) is 0 Å². The summed E-state index contributed by atoms with van der Waals surface area (Å²) < 4.78 is 0. The zero-order valence-electron chi connectivity index (χ0n) is 25.9. The molecule has 5 nitrogen and oxygen atoms in total. The molecule has 0 bridgehead atoms. The van der Waals surface area contributed by atoms with Crippen molar-refractivity contribution in [1.29, 1.82) is 0 Å². The highest BCUT2D eigenvalue weighted by atomic mass is 16.3. The average Bonchev–Trinajstić information content (AvgIpc) is 2.96. The minimum Gasteiger partial charge on any atom is -0.394 e. The molecule has 5 heteroatoms. The number of hydrogen-bond donors (Lipinski definition) is 4. The van der Waals surface area contributed by atoms with Crippen LogP contribution in [0.4, 0.5) is 0 Å². The largest absolute Gasteiger partial charge is 0.394 e. The van der Waals surface area contributed by atoms with E-state index in [9.17, 15) is 20.1 Å². The van der Waals surface area contributed by atoms with Gasteiger partial charge in [0.2, 0.25) is 5.91 Å². The Kier molecular flexibility index (Phi) is 29.0. The fourth-order valence-electron chi connectivity index (χ4n) is 4.45. The Balaban J connectivity index is 3.91. The zero-order chi connectivity index (χ0) is 29.5. The van der Waals surface area contributed by atoms with Gasteiger partial charge >= 0.3 is 0 Å². The third-order valence-electron chi connectivity index (χ3n) is 7.13. The van der Waals surface area contributed by atoms with Crippen molar-refractivity contribution in [2.75, 3.05) is 6.61 Å². The van der Waals surface area contributed by atoms with Gasteiger partial charge in [-0.15, -0.1) is 0 Å². The van der Waals surface area contributed by atoms with Crippen LogP contribution in [-0.4, -0.2) is 46.1 Å². The van der Waals surface area contributed by atoms with Crippen molar-refractivity contribution in [1.82, 2.24) is 5.32 Å². The maximum atomic E-state index is 12.3. The summed E-state index contributed by atoms with van der Waals surface area (Å²) in [6.07, 6.45) is 37.1. The summed E-state index contributed by atoms with van der Waals surface area (Å²) in [6, 6.07) is -0.833. The summed E-state index contributed by atoms with van der Waals surface area (Å²) in [5.74, 6) is -0.558. The second kappa shape index (κ2) is 30.3. The molecule has 0 rings (SSSR count). The fourth-order valence-corrected chi connectivity index (χ4v) is 4.45. The van der Waals surface area contributed by atoms with Crippen LogP contribution in [0.1, 0.15) is 142 Å². The third kappa shape index (κ3) is 25.3. The van der Waals surface area contributed by atoms with Gasteiger partial charge in [-0.3, -0.25) is 4.79 Å². The van der Waals surface area contributed by atoms with Gasteiger partial charge in [0.05, 0.1) is 18.8 Å². The number of aliphatic hydroxyl groups is 3. The number of unbranched alkanes of at least 4 members (excludes halogenated alkanes) is 14. The molecular formula is C35H63NO4. The van der Waals surface area contributed by atoms with Gasteiger partial charge in [-0.05, 0) is 64.2 Å². The molecule has 0 fully saturated rings. The Hall–Kier alpha value is -1.69. The monoisotopic (exact) mass is 561 g/mol. The number of rotatable bonds is 28. The molecule has 0 aliphatic carbocycles. The predicted molar refractivity (Wildman–Crippen MR) is 171 cm³/mol. The van der Waals surface area contributed by atoms with Crippen LogP contribution in [0.5, 0.6) is 0 Å². The lowest BCUT2D eigenvalue weighted by Crippen LogP contribution is -2.48. The van der Waals surface area contributed by atoms with Gasteiger partial charge < -0.3 is 20.6 Å². The Labute approximate surface area is 246 Å². The Morgan fingerprint density at radius 2 is 1.02 bits per heavy atom. The minimum absolute atomic E-state index is 0.322. The average molecular weight is 562 g/mol. The number of carbonyl (C=O) groups is 1. The molecule has 0 aromatic heterocycles. The van der Waals surface area contributed by atoms with Gasteiger partial charge in [-0.1, -0.05) is 127 Å². The lowest BCUT2D eigenvalue weighted by atomic mass is 10.1. The molecule has 0 saturated heterocycles. The van der Waals surface area contributed by atoms with Gasteiger partial charge in [-0.2, -0.15) is 0 Å². The first kappa shape index (κ1) is 38.3. The first-order valence-electron chi connectivity index (χ1n) is 16.5. The smallest absolute Gasteiger partial charge is 0.249 e. The van der Waals surface area contributed by atoms with E-state index in [1.807, 2.05) is 12.2 Å². The van der Waals surface area contributed by atoms with E-state index in [0.29, 0.717) is 12.8 Å². The molecule has 4 N–H and O–H groups in total. The molecular weight excluding hydrogens is 498 g/mol. The summed E-state index contributed by atoms with van der Waals surface area (Å²) in [5.41, 5.74) is 0. The van der Waals surface area contributed by atoms with Gasteiger partial charge in [0.1, 0.15) is 6.10 Å². The molecule has 0 aliphatic heterocycles. The van der Waals surface area contributed by atoms with Crippen molar-refractivity contribution >= 4 is 5.91 Å². The summed E-state index contributed by atoms with van der Waals surface area (Å²) in [5, 5.41) is 32.6. The third-order valence-corrected chi connectivity index (χ3v) is 7.13. The highest BCUT2D eigenvalue weighted by Crippen LogP contribution is 2.10. The Bertz CT molecular complexity index is 670. The van der Waals surface area contributed by atoms with Crippen LogP contribution in [0.15, 0.2) is 48.6 Å². The SMILES string of the molecule is CCCCCC/C=C\CCC(O)C(=O)NC(CO)C(O)/C=C/CC/C=C/CC/C=C/CCCCCCCCCC. The van der Waals surface area contributed by atoms with Crippen LogP contribution in [0.3, 0.4) is 0 Å². The Morgan fingerprint density at radius 1 is 0.600 bits per heavy atom. The molecule has 232 valence electrons. The Morgan fingerprint density at radius 3 is 1.55 bits per heavy atom. The maximum absolute atomic E-state index is 12.3. The number of amides is 1. The highest BCUT2D eigenvalue weighted by Gasteiger charge is 2.22. The van der Waals surface area contributed by atoms with Crippen LogP contribution in [0.2, 0.25) is 0 Å². The van der Waals surface area contributed by atoms with Crippen LogP contribution in [-0.2, 0) is 4.79 Å². The zero-order valence-corrected chi connectivity index (χ0v) is 25.9. The van der Waals surface area contributed by atoms with Gasteiger partial charge in [0.15, 0.2) is 0 Å². The summed E-state index contributed by atoms with van der Waals surface area (Å²) >= 11 is 0. The molecule has 1 amide bonds. The van der Waals surface area contributed by atoms with E-state index < -0.39 is 30.8 Å². The quantitative estimate of drug-likeness (QED) is 0.0572. The topological polar surface area (TPSA) is 89.8 Å². The first-order valence-corrected chi connectivity index (χ1v) is 16.5. The number of carbonyl (C=O) groups excluding carboxylic acids is 1. The lowest BCUT2D eigenvalue weighted by molar-refractivity contribution is -0.131. The maximum Gasteiger partial charge on any atom is 0.249 e. The second-order valence-electron chi connectivity index (χ2n) is 11.0. The fraction of sp³-hybridized carbons (Fsp3) is 0.743. The van der Waals surface area contributed by atoms with Gasteiger partial charge in [0, 0.05) is 0 Å². The van der Waals surface area contributed by atoms with E-state index in [-0.39, 0.29) is 0 Å². The molecule has 3 unspecified atom stereocenters. The number of hydrogen-bond acceptors (Lipinski definition) is 4. The summed E-state index contributed by atoms with van der Waals surface area (Å²) in [7, 11) is 0. The highest BCUT2D eigenvalue weighted by molar-refractivity contribution is 5.80. The van der Waals surface area contributed by atoms with E-state index in [2.05, 4.69) is 49.5 Å². The number of aliphatic hydroxyl groups excluding tert-OH is 3. The van der Waals surface area contributed by atoms with E-state index in [1.54, 1.807) is 6.08 Å². The van der Waals surface area contributed by atoms with Crippen molar-refractivity contribution < 1.29 is 20.1 Å². The number of nitrogens with one attached hydrogen (secondary N) is 1. The molecule has 0 radical (unpaired) electrons. The van der Waals surface area contributed by atoms with Gasteiger partial charge in [0.25, 0.3) is 0 Å². The summed E-state index contributed by atoms with van der Waals surface area (Å²) in [6.45, 7) is 4.06. The first-order chi connectivity index (χ1) is 19.6. The number of allylic oxidation sites excluding steroid dienone is 7. The van der Waals surface area contributed by atoms with Crippen LogP contribution in [0.25, 0.3) is 0 Å². The normalized spacial score (nSPS) is 14.6. The van der Waals surface area contributed by atoms with E-state index in [4.69, 9.17) is 0 Å². The molecule has 0 aromatic rings. The molecule has 40 heavy (non-hydrogen) atoms. The van der Waals surface area contributed by atoms with Crippen molar-refractivity contribution in [3.8, 4) is 0 Å². The molecule has 3 atom stereocenters. The van der Waals surface area contributed by atoms with Crippen LogP contribution in [0, 0.1) is 0 Å². The molecule has 0 aliphatic rings. The summed E-state index contributed by atoms with van der Waals surface area (Å²) in [4.78, 5) is 12.3. The van der Waals surface area contributed by atoms with Gasteiger partial charge in [-0.25, -0.2) is 0 Å². The van der Waals surface area contributed by atoms with Crippen molar-refractivity contribution in [2.45, 2.75) is 161 Å². The van der Waals surface area contributed by atoms with E-state index in [1.165, 1.54) is 83.5 Å². The molecule has 0 aromatic carbocycles. The van der Waals surface area contributed by atoms with E-state index >= 15 is 0 Å². The standard InChI is InChI=1S/C35H63NO4/c1-3-5-7-9-11-13-14-15-16-17-18-19-20-21-22-24-25-27-29-33(38)32(31-37)36-35(40)34(39)30-28-26-23-12-10-8-6-4-2/h17-18,21-23,26-27,29,32-34,37-39H,3-16,19-20,24-25,28,30-31H2,1-2H3,(H,36,40)/b18-17+,22-21+,26-23-,29-27+. The second-order valence-corrected chi connectivity index (χ2v) is 11.0. The minimum atomic E-state index is -1.15. The predicted octanol–water partition coefficient (Wildman–Crippen LogP) is 8.25. The lowest BCUT2D eigenvalue weighted by Gasteiger charge is -2.21. The van der Waals surface area contributed by atoms with Crippen molar-refractivity contribution in [3.05, 3.63) is 48.6 Å². The van der Waals surface area contributed by atoms with Crippen molar-refractivity contribution in [3.63, 3.8) is 0 Å². The van der Waals surface area contributed by atoms with E-state index in [0.717, 1.165) is 32.1 Å². The molecule has 0 heterocycles. The molecule has 0 saturated carbocycles.